The molecule has 0 aliphatic carbocycles. The van der Waals surface area contributed by atoms with Crippen LogP contribution < -0.4 is 4.74 Å². The van der Waals surface area contributed by atoms with Crippen molar-refractivity contribution in [2.24, 2.45) is 0 Å². The summed E-state index contributed by atoms with van der Waals surface area (Å²) in [6, 6.07) is 1.99. The van der Waals surface area contributed by atoms with E-state index in [1.54, 1.807) is 6.92 Å². The van der Waals surface area contributed by atoms with Gasteiger partial charge >= 0.3 is 6.61 Å². The SMILES string of the molecule is CCc1cc(C(F)F)c(OC(F)F)cc1C(C)=O. The van der Waals surface area contributed by atoms with Crippen molar-refractivity contribution in [2.45, 2.75) is 33.3 Å². The van der Waals surface area contributed by atoms with Gasteiger partial charge in [0, 0.05) is 5.56 Å². The molecule has 1 rings (SSSR count). The smallest absolute Gasteiger partial charge is 0.387 e. The van der Waals surface area contributed by atoms with Crippen molar-refractivity contribution in [3.8, 4) is 5.75 Å². The van der Waals surface area contributed by atoms with Crippen LogP contribution >= 0.6 is 0 Å². The van der Waals surface area contributed by atoms with Gasteiger partial charge in [-0.05, 0) is 31.0 Å². The Kier molecular flexibility index (Phi) is 4.69. The maximum Gasteiger partial charge on any atom is 0.387 e. The first kappa shape index (κ1) is 14.5. The van der Waals surface area contributed by atoms with Gasteiger partial charge in [0.2, 0.25) is 0 Å². The Bertz CT molecular complexity index is 444. The minimum Gasteiger partial charge on any atom is -0.434 e. The van der Waals surface area contributed by atoms with Crippen LogP contribution in [0, 0.1) is 0 Å². The molecular formula is C12H12F4O2. The van der Waals surface area contributed by atoms with E-state index >= 15 is 0 Å². The molecule has 0 amide bonds. The molecule has 0 aliphatic heterocycles. The lowest BCUT2D eigenvalue weighted by atomic mass is 9.98. The summed E-state index contributed by atoms with van der Waals surface area (Å²) in [5, 5.41) is 0. The fourth-order valence-electron chi connectivity index (χ4n) is 1.63. The lowest BCUT2D eigenvalue weighted by molar-refractivity contribution is -0.0520. The van der Waals surface area contributed by atoms with Gasteiger partial charge in [-0.2, -0.15) is 8.78 Å². The second kappa shape index (κ2) is 5.84. The second-order valence-electron chi connectivity index (χ2n) is 3.64. The summed E-state index contributed by atoms with van der Waals surface area (Å²) in [5.41, 5.74) is -0.117. The van der Waals surface area contributed by atoms with Crippen LogP contribution in [0.25, 0.3) is 0 Å². The number of rotatable bonds is 5. The Hall–Kier alpha value is -1.59. The third kappa shape index (κ3) is 3.21. The Balaban J connectivity index is 3.37. The number of carbonyl (C=O) groups is 1. The standard InChI is InChI=1S/C12H12F4O2/c1-3-7-4-9(11(13)14)10(18-12(15)16)5-8(7)6(2)17/h4-5,11-12H,3H2,1-2H3. The van der Waals surface area contributed by atoms with Crippen molar-refractivity contribution < 1.29 is 27.1 Å². The minimum absolute atomic E-state index is 0.123. The summed E-state index contributed by atoms with van der Waals surface area (Å²) < 4.78 is 53.7. The highest BCUT2D eigenvalue weighted by Crippen LogP contribution is 2.33. The van der Waals surface area contributed by atoms with Crippen molar-refractivity contribution >= 4 is 5.78 Å². The molecule has 0 radical (unpaired) electrons. The normalized spacial score (nSPS) is 11.1. The van der Waals surface area contributed by atoms with Gasteiger partial charge in [0.1, 0.15) is 5.75 Å². The molecule has 0 fully saturated rings. The molecule has 0 aromatic heterocycles. The third-order valence-corrected chi connectivity index (χ3v) is 2.45. The second-order valence-corrected chi connectivity index (χ2v) is 3.64. The van der Waals surface area contributed by atoms with E-state index in [1.165, 1.54) is 6.92 Å². The number of benzene rings is 1. The number of Topliss-reactive ketones (excluding diaryl/α,β-unsaturated/α-hetero) is 1. The summed E-state index contributed by atoms with van der Waals surface area (Å²) in [7, 11) is 0. The van der Waals surface area contributed by atoms with Crippen molar-refractivity contribution in [1.29, 1.82) is 0 Å². The summed E-state index contributed by atoms with van der Waals surface area (Å²) in [6.07, 6.45) is -2.59. The zero-order chi connectivity index (χ0) is 13.9. The molecule has 1 aromatic rings. The van der Waals surface area contributed by atoms with Gasteiger partial charge in [0.15, 0.2) is 5.78 Å². The lowest BCUT2D eigenvalue weighted by Gasteiger charge is -2.14. The maximum absolute atomic E-state index is 12.7. The van der Waals surface area contributed by atoms with Gasteiger partial charge in [-0.1, -0.05) is 6.92 Å². The lowest BCUT2D eigenvalue weighted by Crippen LogP contribution is -2.08. The molecule has 0 saturated heterocycles. The van der Waals surface area contributed by atoms with Gasteiger partial charge in [0.25, 0.3) is 6.43 Å². The van der Waals surface area contributed by atoms with Crippen molar-refractivity contribution in [3.05, 3.63) is 28.8 Å². The van der Waals surface area contributed by atoms with Crippen LogP contribution in [0.2, 0.25) is 0 Å². The molecular weight excluding hydrogens is 252 g/mol. The molecule has 100 valence electrons. The predicted molar refractivity (Wildman–Crippen MR) is 57.4 cm³/mol. The maximum atomic E-state index is 12.7. The number of carbonyl (C=O) groups excluding carboxylic acids is 1. The molecule has 0 aliphatic rings. The molecule has 0 unspecified atom stereocenters. The zero-order valence-electron chi connectivity index (χ0n) is 9.84. The average Bonchev–Trinajstić information content (AvgIpc) is 2.27. The van der Waals surface area contributed by atoms with Gasteiger partial charge in [0.05, 0.1) is 5.56 Å². The van der Waals surface area contributed by atoms with Crippen LogP contribution in [0.3, 0.4) is 0 Å². The first-order valence-electron chi connectivity index (χ1n) is 5.27. The number of hydrogen-bond donors (Lipinski definition) is 0. The van der Waals surface area contributed by atoms with E-state index in [9.17, 15) is 22.4 Å². The fourth-order valence-corrected chi connectivity index (χ4v) is 1.63. The summed E-state index contributed by atoms with van der Waals surface area (Å²) in [6.45, 7) is -0.289. The number of ketones is 1. The van der Waals surface area contributed by atoms with Gasteiger partial charge in [-0.3, -0.25) is 4.79 Å². The Morgan fingerprint density at radius 2 is 1.89 bits per heavy atom. The highest BCUT2D eigenvalue weighted by molar-refractivity contribution is 5.96. The zero-order valence-corrected chi connectivity index (χ0v) is 9.84. The highest BCUT2D eigenvalue weighted by atomic mass is 19.3. The third-order valence-electron chi connectivity index (χ3n) is 2.45. The summed E-state index contributed by atoms with van der Waals surface area (Å²) in [4.78, 5) is 11.3. The molecule has 0 saturated carbocycles. The monoisotopic (exact) mass is 264 g/mol. The molecule has 0 bridgehead atoms. The Labute approximate surface area is 102 Å². The van der Waals surface area contributed by atoms with Crippen molar-refractivity contribution in [2.75, 3.05) is 0 Å². The minimum atomic E-state index is -3.21. The average molecular weight is 264 g/mol. The van der Waals surface area contributed by atoms with E-state index in [2.05, 4.69) is 4.74 Å². The molecule has 0 atom stereocenters. The largest absolute Gasteiger partial charge is 0.434 e. The first-order valence-corrected chi connectivity index (χ1v) is 5.27. The number of hydrogen-bond acceptors (Lipinski definition) is 2. The molecule has 0 spiro atoms. The number of ether oxygens (including phenoxy) is 1. The van der Waals surface area contributed by atoms with Crippen LogP contribution in [-0.2, 0) is 6.42 Å². The number of halogens is 4. The molecule has 2 nitrogen and oxygen atoms in total. The predicted octanol–water partition coefficient (Wildman–Crippen LogP) is 3.99. The van der Waals surface area contributed by atoms with E-state index in [0.717, 1.165) is 12.1 Å². The van der Waals surface area contributed by atoms with Crippen LogP contribution in [0.5, 0.6) is 5.75 Å². The molecule has 1 aromatic carbocycles. The van der Waals surface area contributed by atoms with E-state index in [1.807, 2.05) is 0 Å². The summed E-state index contributed by atoms with van der Waals surface area (Å²) >= 11 is 0. The van der Waals surface area contributed by atoms with Crippen LogP contribution in [0.4, 0.5) is 17.6 Å². The van der Waals surface area contributed by atoms with Crippen LogP contribution in [0.1, 0.15) is 41.8 Å². The van der Waals surface area contributed by atoms with Crippen molar-refractivity contribution in [3.63, 3.8) is 0 Å². The molecule has 18 heavy (non-hydrogen) atoms. The van der Waals surface area contributed by atoms with E-state index in [-0.39, 0.29) is 11.3 Å². The Morgan fingerprint density at radius 1 is 1.28 bits per heavy atom. The van der Waals surface area contributed by atoms with Crippen LogP contribution in [0.15, 0.2) is 12.1 Å². The van der Waals surface area contributed by atoms with Crippen LogP contribution in [-0.4, -0.2) is 12.4 Å². The number of alkyl halides is 4. The van der Waals surface area contributed by atoms with E-state index < -0.39 is 24.3 Å². The fraction of sp³-hybridized carbons (Fsp3) is 0.417. The van der Waals surface area contributed by atoms with E-state index in [0.29, 0.717) is 12.0 Å². The quantitative estimate of drug-likeness (QED) is 0.593. The molecule has 0 N–H and O–H groups in total. The topological polar surface area (TPSA) is 26.3 Å². The number of aryl methyl sites for hydroxylation is 1. The highest BCUT2D eigenvalue weighted by Gasteiger charge is 2.21. The van der Waals surface area contributed by atoms with Crippen molar-refractivity contribution in [1.82, 2.24) is 0 Å². The molecule has 0 heterocycles. The summed E-state index contributed by atoms with van der Waals surface area (Å²) in [5.74, 6) is -1.03. The Morgan fingerprint density at radius 3 is 2.28 bits per heavy atom. The molecule has 6 heteroatoms. The van der Waals surface area contributed by atoms with E-state index in [4.69, 9.17) is 0 Å². The van der Waals surface area contributed by atoms with Gasteiger partial charge in [-0.25, -0.2) is 8.78 Å². The first-order chi connectivity index (χ1) is 8.36. The van der Waals surface area contributed by atoms with Gasteiger partial charge < -0.3 is 4.74 Å². The van der Waals surface area contributed by atoms with Gasteiger partial charge in [-0.15, -0.1) is 0 Å².